The molecule has 94 valence electrons. The average molecular weight is 247 g/mol. The van der Waals surface area contributed by atoms with Crippen LogP contribution in [0.5, 0.6) is 5.75 Å². The lowest BCUT2D eigenvalue weighted by Gasteiger charge is -2.11. The van der Waals surface area contributed by atoms with Crippen LogP contribution in [0, 0.1) is 27.4 Å². The number of hydrogen-bond donors (Lipinski definition) is 1. The van der Waals surface area contributed by atoms with Crippen LogP contribution in [-0.2, 0) is 0 Å². The summed E-state index contributed by atoms with van der Waals surface area (Å²) in [5.41, 5.74) is 0.264. The molecule has 1 aromatic rings. The molecule has 0 aromatic heterocycles. The molecule has 1 fully saturated rings. The van der Waals surface area contributed by atoms with Crippen LogP contribution in [0.1, 0.15) is 12.0 Å². The maximum atomic E-state index is 10.8. The number of nitro benzene ring substituents is 1. The minimum atomic E-state index is -0.497. The molecule has 1 N–H and O–H groups in total. The second-order valence-electron chi connectivity index (χ2n) is 4.22. The standard InChI is InChI=1S/C12H13N3O3/c13-6-9-1-2-11(15(16)17)12(5-9)18-8-10-3-4-14-7-10/h1-2,5,10,14H,3-4,7-8H2. The van der Waals surface area contributed by atoms with E-state index in [1.807, 2.05) is 6.07 Å². The van der Waals surface area contributed by atoms with Crippen molar-refractivity contribution in [1.82, 2.24) is 5.32 Å². The van der Waals surface area contributed by atoms with Gasteiger partial charge in [0, 0.05) is 24.6 Å². The molecular formula is C12H13N3O3. The molecule has 6 heteroatoms. The molecule has 1 aliphatic rings. The smallest absolute Gasteiger partial charge is 0.311 e. The van der Waals surface area contributed by atoms with Gasteiger partial charge >= 0.3 is 5.69 Å². The normalized spacial score (nSPS) is 18.3. The first-order chi connectivity index (χ1) is 8.70. The van der Waals surface area contributed by atoms with Crippen LogP contribution in [0.15, 0.2) is 18.2 Å². The lowest BCUT2D eigenvalue weighted by Crippen LogP contribution is -2.15. The highest BCUT2D eigenvalue weighted by Gasteiger charge is 2.19. The molecule has 1 saturated heterocycles. The third kappa shape index (κ3) is 2.76. The summed E-state index contributed by atoms with van der Waals surface area (Å²) >= 11 is 0. The van der Waals surface area contributed by atoms with Crippen molar-refractivity contribution in [1.29, 1.82) is 5.26 Å². The van der Waals surface area contributed by atoms with Crippen LogP contribution in [0.25, 0.3) is 0 Å². The molecule has 1 atom stereocenters. The monoisotopic (exact) mass is 247 g/mol. The highest BCUT2D eigenvalue weighted by Crippen LogP contribution is 2.28. The molecule has 0 amide bonds. The predicted octanol–water partition coefficient (Wildman–Crippen LogP) is 1.45. The van der Waals surface area contributed by atoms with E-state index in [2.05, 4.69) is 5.32 Å². The Morgan fingerprint density at radius 1 is 1.61 bits per heavy atom. The van der Waals surface area contributed by atoms with Crippen molar-refractivity contribution in [3.05, 3.63) is 33.9 Å². The summed E-state index contributed by atoms with van der Waals surface area (Å²) in [5.74, 6) is 0.543. The van der Waals surface area contributed by atoms with E-state index in [4.69, 9.17) is 10.00 Å². The van der Waals surface area contributed by atoms with Gasteiger partial charge in [-0.1, -0.05) is 0 Å². The van der Waals surface area contributed by atoms with Gasteiger partial charge in [0.1, 0.15) is 0 Å². The SMILES string of the molecule is N#Cc1ccc([N+](=O)[O-])c(OCC2CCNC2)c1. The highest BCUT2D eigenvalue weighted by molar-refractivity contribution is 5.51. The van der Waals surface area contributed by atoms with Gasteiger partial charge in [0.15, 0.2) is 5.75 Å². The molecule has 1 unspecified atom stereocenters. The van der Waals surface area contributed by atoms with Crippen molar-refractivity contribution in [2.45, 2.75) is 6.42 Å². The number of nitriles is 1. The summed E-state index contributed by atoms with van der Waals surface area (Å²) in [6.07, 6.45) is 1.01. The molecular weight excluding hydrogens is 234 g/mol. The van der Waals surface area contributed by atoms with E-state index in [0.717, 1.165) is 19.5 Å². The maximum Gasteiger partial charge on any atom is 0.311 e. The average Bonchev–Trinajstić information content (AvgIpc) is 2.88. The van der Waals surface area contributed by atoms with Gasteiger partial charge in [0.05, 0.1) is 23.2 Å². The molecule has 0 saturated carbocycles. The lowest BCUT2D eigenvalue weighted by atomic mass is 10.1. The fourth-order valence-electron chi connectivity index (χ4n) is 1.91. The molecule has 1 heterocycles. The number of nitrogens with zero attached hydrogens (tertiary/aromatic N) is 2. The number of ether oxygens (including phenoxy) is 1. The number of nitrogens with one attached hydrogen (secondary N) is 1. The van der Waals surface area contributed by atoms with Crippen LogP contribution >= 0.6 is 0 Å². The Hall–Kier alpha value is -2.13. The van der Waals surface area contributed by atoms with E-state index in [9.17, 15) is 10.1 Å². The van der Waals surface area contributed by atoms with Gasteiger partial charge in [-0.05, 0) is 19.0 Å². The minimum absolute atomic E-state index is 0.0973. The molecule has 6 nitrogen and oxygen atoms in total. The van der Waals surface area contributed by atoms with Gasteiger partial charge in [0.25, 0.3) is 0 Å². The Morgan fingerprint density at radius 2 is 2.44 bits per heavy atom. The first-order valence-electron chi connectivity index (χ1n) is 5.73. The maximum absolute atomic E-state index is 10.8. The number of nitro groups is 1. The molecule has 2 rings (SSSR count). The first kappa shape index (κ1) is 12.3. The summed E-state index contributed by atoms with van der Waals surface area (Å²) in [4.78, 5) is 10.4. The Bertz CT molecular complexity index is 490. The second kappa shape index (κ2) is 5.47. The van der Waals surface area contributed by atoms with E-state index in [-0.39, 0.29) is 11.4 Å². The van der Waals surface area contributed by atoms with Crippen LogP contribution in [0.4, 0.5) is 5.69 Å². The van der Waals surface area contributed by atoms with Crippen molar-refractivity contribution < 1.29 is 9.66 Å². The molecule has 1 aliphatic heterocycles. The summed E-state index contributed by atoms with van der Waals surface area (Å²) in [6.45, 7) is 2.25. The van der Waals surface area contributed by atoms with Crippen molar-refractivity contribution in [3.8, 4) is 11.8 Å². The van der Waals surface area contributed by atoms with Gasteiger partial charge in [-0.2, -0.15) is 5.26 Å². The fourth-order valence-corrected chi connectivity index (χ4v) is 1.91. The molecule has 0 aliphatic carbocycles. The van der Waals surface area contributed by atoms with E-state index in [0.29, 0.717) is 18.1 Å². The zero-order valence-corrected chi connectivity index (χ0v) is 9.76. The summed E-state index contributed by atoms with van der Waals surface area (Å²) in [7, 11) is 0. The van der Waals surface area contributed by atoms with Crippen LogP contribution in [0.3, 0.4) is 0 Å². The Balaban J connectivity index is 2.13. The van der Waals surface area contributed by atoms with Gasteiger partial charge in [-0.3, -0.25) is 10.1 Å². The van der Waals surface area contributed by atoms with Gasteiger partial charge in [0.2, 0.25) is 0 Å². The zero-order valence-electron chi connectivity index (χ0n) is 9.76. The molecule has 0 radical (unpaired) electrons. The van der Waals surface area contributed by atoms with Crippen molar-refractivity contribution in [2.75, 3.05) is 19.7 Å². The third-order valence-electron chi connectivity index (χ3n) is 2.92. The third-order valence-corrected chi connectivity index (χ3v) is 2.92. The van der Waals surface area contributed by atoms with E-state index < -0.39 is 4.92 Å². The summed E-state index contributed by atoms with van der Waals surface area (Å²) in [6, 6.07) is 6.09. The fraction of sp³-hybridized carbons (Fsp3) is 0.417. The largest absolute Gasteiger partial charge is 0.486 e. The van der Waals surface area contributed by atoms with Crippen LogP contribution in [-0.4, -0.2) is 24.6 Å². The van der Waals surface area contributed by atoms with Crippen molar-refractivity contribution in [3.63, 3.8) is 0 Å². The zero-order chi connectivity index (χ0) is 13.0. The van der Waals surface area contributed by atoms with E-state index in [1.165, 1.54) is 18.2 Å². The quantitative estimate of drug-likeness (QED) is 0.642. The Morgan fingerprint density at radius 3 is 3.06 bits per heavy atom. The summed E-state index contributed by atoms with van der Waals surface area (Å²) in [5, 5.41) is 22.8. The highest BCUT2D eigenvalue weighted by atomic mass is 16.6. The minimum Gasteiger partial charge on any atom is -0.486 e. The van der Waals surface area contributed by atoms with Crippen molar-refractivity contribution in [2.24, 2.45) is 5.92 Å². The Kier molecular flexibility index (Phi) is 3.75. The molecule has 1 aromatic carbocycles. The van der Waals surface area contributed by atoms with Gasteiger partial charge in [-0.15, -0.1) is 0 Å². The van der Waals surface area contributed by atoms with E-state index in [1.54, 1.807) is 0 Å². The van der Waals surface area contributed by atoms with Gasteiger partial charge < -0.3 is 10.1 Å². The number of rotatable bonds is 4. The first-order valence-corrected chi connectivity index (χ1v) is 5.73. The Labute approximate surface area is 104 Å². The topological polar surface area (TPSA) is 88.2 Å². The molecule has 0 bridgehead atoms. The summed E-state index contributed by atoms with van der Waals surface area (Å²) < 4.78 is 5.49. The van der Waals surface area contributed by atoms with Crippen LogP contribution in [0.2, 0.25) is 0 Å². The van der Waals surface area contributed by atoms with E-state index >= 15 is 0 Å². The molecule has 0 spiro atoms. The second-order valence-corrected chi connectivity index (χ2v) is 4.22. The molecule has 18 heavy (non-hydrogen) atoms. The lowest BCUT2D eigenvalue weighted by molar-refractivity contribution is -0.385. The van der Waals surface area contributed by atoms with Crippen LogP contribution < -0.4 is 10.1 Å². The van der Waals surface area contributed by atoms with Crippen molar-refractivity contribution >= 4 is 5.69 Å². The van der Waals surface area contributed by atoms with Gasteiger partial charge in [-0.25, -0.2) is 0 Å². The predicted molar refractivity (Wildman–Crippen MR) is 64.3 cm³/mol. The number of benzene rings is 1. The number of hydrogen-bond acceptors (Lipinski definition) is 5.